The second kappa shape index (κ2) is 49.8. The molecule has 0 rings (SSSR count). The second-order valence-electron chi connectivity index (χ2n) is 20.3. The summed E-state index contributed by atoms with van der Waals surface area (Å²) in [5.41, 5.74) is 0. The topological polar surface area (TPSA) is 78.9 Å². The van der Waals surface area contributed by atoms with Crippen molar-refractivity contribution in [2.45, 2.75) is 323 Å². The summed E-state index contributed by atoms with van der Waals surface area (Å²) in [6, 6.07) is 0. The van der Waals surface area contributed by atoms with E-state index in [0.29, 0.717) is 19.3 Å². The third-order valence-electron chi connectivity index (χ3n) is 13.3. The number of rotatable bonds is 51. The molecular formula is C57H110O6. The highest BCUT2D eigenvalue weighted by Gasteiger charge is 2.19. The molecule has 0 aliphatic carbocycles. The van der Waals surface area contributed by atoms with E-state index in [1.54, 1.807) is 0 Å². The molecule has 0 amide bonds. The summed E-state index contributed by atoms with van der Waals surface area (Å²) in [5.74, 6) is 0.843. The summed E-state index contributed by atoms with van der Waals surface area (Å²) < 4.78 is 16.9. The van der Waals surface area contributed by atoms with E-state index in [2.05, 4.69) is 34.6 Å². The summed E-state index contributed by atoms with van der Waals surface area (Å²) >= 11 is 0. The van der Waals surface area contributed by atoms with Crippen LogP contribution in [-0.4, -0.2) is 37.2 Å². The average molecular weight is 892 g/mol. The molecule has 6 heteroatoms. The molecule has 0 aromatic heterocycles. The van der Waals surface area contributed by atoms with Gasteiger partial charge < -0.3 is 14.2 Å². The Labute approximate surface area is 393 Å². The summed E-state index contributed by atoms with van der Waals surface area (Å²) in [5, 5.41) is 0. The van der Waals surface area contributed by atoms with Crippen molar-refractivity contribution in [1.82, 2.24) is 0 Å². The van der Waals surface area contributed by atoms with E-state index in [1.807, 2.05) is 0 Å². The lowest BCUT2D eigenvalue weighted by atomic mass is 9.99. The van der Waals surface area contributed by atoms with Crippen LogP contribution < -0.4 is 0 Å². The first kappa shape index (κ1) is 61.4. The van der Waals surface area contributed by atoms with E-state index in [9.17, 15) is 14.4 Å². The maximum absolute atomic E-state index is 12.8. The first-order valence-corrected chi connectivity index (χ1v) is 28.3. The fraction of sp³-hybridized carbons (Fsp3) is 0.947. The van der Waals surface area contributed by atoms with Crippen LogP contribution in [0.5, 0.6) is 0 Å². The van der Waals surface area contributed by atoms with Gasteiger partial charge in [-0.2, -0.15) is 0 Å². The van der Waals surface area contributed by atoms with Gasteiger partial charge in [0.2, 0.25) is 0 Å². The third kappa shape index (κ3) is 49.7. The number of esters is 3. The lowest BCUT2D eigenvalue weighted by Crippen LogP contribution is -2.30. The zero-order valence-corrected chi connectivity index (χ0v) is 43.2. The van der Waals surface area contributed by atoms with Gasteiger partial charge in [-0.15, -0.1) is 0 Å². The lowest BCUT2D eigenvalue weighted by Gasteiger charge is -2.18. The van der Waals surface area contributed by atoms with E-state index in [4.69, 9.17) is 14.2 Å². The molecule has 0 saturated carbocycles. The molecule has 0 fully saturated rings. The van der Waals surface area contributed by atoms with Crippen LogP contribution in [-0.2, 0) is 28.6 Å². The van der Waals surface area contributed by atoms with Gasteiger partial charge in [0.05, 0.1) is 0 Å². The van der Waals surface area contributed by atoms with Gasteiger partial charge >= 0.3 is 17.9 Å². The number of hydrogen-bond acceptors (Lipinski definition) is 6. The first-order valence-electron chi connectivity index (χ1n) is 28.3. The fourth-order valence-electron chi connectivity index (χ4n) is 8.66. The molecule has 374 valence electrons. The molecule has 0 aliphatic heterocycles. The van der Waals surface area contributed by atoms with Crippen LogP contribution in [0.1, 0.15) is 317 Å². The first-order chi connectivity index (χ1) is 30.8. The average Bonchev–Trinajstić information content (AvgIpc) is 3.27. The number of hydrogen-bond donors (Lipinski definition) is 0. The minimum Gasteiger partial charge on any atom is -0.462 e. The van der Waals surface area contributed by atoms with Crippen molar-refractivity contribution in [1.29, 1.82) is 0 Å². The quantitative estimate of drug-likeness (QED) is 0.0344. The van der Waals surface area contributed by atoms with Crippen LogP contribution >= 0.6 is 0 Å². The largest absolute Gasteiger partial charge is 0.462 e. The Morgan fingerprint density at radius 3 is 0.905 bits per heavy atom. The molecule has 63 heavy (non-hydrogen) atoms. The zero-order valence-electron chi connectivity index (χ0n) is 43.2. The molecule has 0 aliphatic rings. The normalized spacial score (nSPS) is 12.5. The molecule has 0 spiro atoms. The van der Waals surface area contributed by atoms with Crippen LogP contribution in [0.4, 0.5) is 0 Å². The second-order valence-corrected chi connectivity index (χ2v) is 20.3. The Morgan fingerprint density at radius 2 is 0.603 bits per heavy atom. The Morgan fingerprint density at radius 1 is 0.333 bits per heavy atom. The molecule has 2 atom stereocenters. The van der Waals surface area contributed by atoms with Gasteiger partial charge in [-0.05, 0) is 31.1 Å². The number of carbonyl (C=O) groups is 3. The predicted octanol–water partition coefficient (Wildman–Crippen LogP) is 18.5. The van der Waals surface area contributed by atoms with Crippen molar-refractivity contribution in [2.75, 3.05) is 13.2 Å². The van der Waals surface area contributed by atoms with E-state index in [-0.39, 0.29) is 31.1 Å². The molecule has 0 heterocycles. The van der Waals surface area contributed by atoms with Gasteiger partial charge in [0, 0.05) is 19.3 Å². The maximum Gasteiger partial charge on any atom is 0.306 e. The van der Waals surface area contributed by atoms with Gasteiger partial charge in [0.25, 0.3) is 0 Å². The number of carbonyl (C=O) groups excluding carboxylic acids is 3. The van der Waals surface area contributed by atoms with E-state index in [1.165, 1.54) is 205 Å². The SMILES string of the molecule is CCCCCCCCCCCCCCCCCCCCC(=O)OC[C@H](COC(=O)CCCCCCCCCCCCC(C)C)OC(=O)CCCCCCCCCCCCC(C)CC. The van der Waals surface area contributed by atoms with Gasteiger partial charge in [-0.25, -0.2) is 0 Å². The molecule has 0 N–H and O–H groups in total. The zero-order chi connectivity index (χ0) is 46.1. The van der Waals surface area contributed by atoms with Crippen LogP contribution in [0.15, 0.2) is 0 Å². The Hall–Kier alpha value is -1.59. The molecule has 0 bridgehead atoms. The van der Waals surface area contributed by atoms with Crippen LogP contribution in [0, 0.1) is 11.8 Å². The Bertz CT molecular complexity index is 964. The summed E-state index contributed by atoms with van der Waals surface area (Å²) in [6.07, 6.45) is 52.3. The minimum absolute atomic E-state index is 0.0632. The Balaban J connectivity index is 4.29. The molecule has 1 unspecified atom stereocenters. The number of unbranched alkanes of at least 4 members (excludes halogenated alkanes) is 35. The van der Waals surface area contributed by atoms with Gasteiger partial charge in [0.1, 0.15) is 13.2 Å². The van der Waals surface area contributed by atoms with Crippen LogP contribution in [0.3, 0.4) is 0 Å². The van der Waals surface area contributed by atoms with Crippen molar-refractivity contribution < 1.29 is 28.6 Å². The van der Waals surface area contributed by atoms with Crippen molar-refractivity contribution in [2.24, 2.45) is 11.8 Å². The minimum atomic E-state index is -0.763. The predicted molar refractivity (Wildman–Crippen MR) is 270 cm³/mol. The highest BCUT2D eigenvalue weighted by Crippen LogP contribution is 2.18. The van der Waals surface area contributed by atoms with Gasteiger partial charge in [0.15, 0.2) is 6.10 Å². The van der Waals surface area contributed by atoms with Crippen molar-refractivity contribution in [3.63, 3.8) is 0 Å². The summed E-state index contributed by atoms with van der Waals surface area (Å²) in [4.78, 5) is 38.1. The summed E-state index contributed by atoms with van der Waals surface area (Å²) in [6.45, 7) is 11.4. The van der Waals surface area contributed by atoms with E-state index in [0.717, 1.165) is 69.6 Å². The maximum atomic E-state index is 12.8. The fourth-order valence-corrected chi connectivity index (χ4v) is 8.66. The number of ether oxygens (including phenoxy) is 3. The molecule has 0 aromatic rings. The van der Waals surface area contributed by atoms with E-state index >= 15 is 0 Å². The van der Waals surface area contributed by atoms with Crippen LogP contribution in [0.2, 0.25) is 0 Å². The lowest BCUT2D eigenvalue weighted by molar-refractivity contribution is -0.167. The smallest absolute Gasteiger partial charge is 0.306 e. The molecule has 6 nitrogen and oxygen atoms in total. The van der Waals surface area contributed by atoms with Crippen molar-refractivity contribution in [3.8, 4) is 0 Å². The molecule has 0 saturated heterocycles. The van der Waals surface area contributed by atoms with Gasteiger partial charge in [-0.1, -0.05) is 279 Å². The van der Waals surface area contributed by atoms with Crippen molar-refractivity contribution in [3.05, 3.63) is 0 Å². The monoisotopic (exact) mass is 891 g/mol. The highest BCUT2D eigenvalue weighted by molar-refractivity contribution is 5.71. The highest BCUT2D eigenvalue weighted by atomic mass is 16.6. The van der Waals surface area contributed by atoms with Crippen molar-refractivity contribution >= 4 is 17.9 Å². The van der Waals surface area contributed by atoms with E-state index < -0.39 is 6.10 Å². The molecule has 0 aromatic carbocycles. The molecular weight excluding hydrogens is 781 g/mol. The standard InChI is InChI=1S/C57H110O6/c1-6-8-9-10-11-12-13-14-15-16-17-18-19-20-27-32-37-42-47-55(58)61-50-54(51-62-56(59)48-43-38-33-28-23-21-25-30-35-40-45-52(3)4)63-57(60)49-44-39-34-29-24-22-26-31-36-41-46-53(5)7-2/h52-54H,6-51H2,1-5H3/t53?,54-/m1/s1. The third-order valence-corrected chi connectivity index (χ3v) is 13.3. The molecule has 0 radical (unpaired) electrons. The van der Waals surface area contributed by atoms with Gasteiger partial charge in [-0.3, -0.25) is 14.4 Å². The summed E-state index contributed by atoms with van der Waals surface area (Å²) in [7, 11) is 0. The van der Waals surface area contributed by atoms with Crippen LogP contribution in [0.25, 0.3) is 0 Å². The Kier molecular flexibility index (Phi) is 48.6.